The molecule has 28 heavy (non-hydrogen) atoms. The van der Waals surface area contributed by atoms with Gasteiger partial charge in [0.2, 0.25) is 0 Å². The van der Waals surface area contributed by atoms with Crippen molar-refractivity contribution in [3.63, 3.8) is 0 Å². The average Bonchev–Trinajstić information content (AvgIpc) is 2.65. The van der Waals surface area contributed by atoms with Crippen molar-refractivity contribution >= 4 is 52.5 Å². The van der Waals surface area contributed by atoms with Gasteiger partial charge >= 0.3 is 0 Å². The van der Waals surface area contributed by atoms with Crippen LogP contribution in [0.4, 0.5) is 5.69 Å². The highest BCUT2D eigenvalue weighted by atomic mass is 35.5. The number of benzene rings is 2. The molecule has 0 atom stereocenters. The van der Waals surface area contributed by atoms with Gasteiger partial charge in [0.05, 0.1) is 5.69 Å². The van der Waals surface area contributed by atoms with E-state index in [-0.39, 0.29) is 10.7 Å². The first-order valence-corrected chi connectivity index (χ1v) is 9.66. The van der Waals surface area contributed by atoms with Crippen LogP contribution < -0.4 is 10.2 Å². The summed E-state index contributed by atoms with van der Waals surface area (Å²) in [5.41, 5.74) is 7.14. The number of thiocarbonyl (C=S) groups is 1. The van der Waals surface area contributed by atoms with Crippen LogP contribution in [0.1, 0.15) is 33.4 Å². The van der Waals surface area contributed by atoms with E-state index < -0.39 is 11.8 Å². The molecule has 3 rings (SSSR count). The van der Waals surface area contributed by atoms with Gasteiger partial charge in [-0.2, -0.15) is 0 Å². The van der Waals surface area contributed by atoms with Gasteiger partial charge in [0.25, 0.3) is 11.8 Å². The normalized spacial score (nSPS) is 16.0. The van der Waals surface area contributed by atoms with Crippen LogP contribution in [0.3, 0.4) is 0 Å². The molecule has 1 saturated heterocycles. The van der Waals surface area contributed by atoms with Crippen LogP contribution in [0, 0.1) is 34.6 Å². The third kappa shape index (κ3) is 3.36. The molecule has 0 bridgehead atoms. The largest absolute Gasteiger partial charge is 0.298 e. The van der Waals surface area contributed by atoms with Gasteiger partial charge < -0.3 is 0 Å². The van der Waals surface area contributed by atoms with Gasteiger partial charge in [-0.05, 0) is 111 Å². The van der Waals surface area contributed by atoms with Gasteiger partial charge in [0.15, 0.2) is 5.11 Å². The van der Waals surface area contributed by atoms with Crippen LogP contribution in [0.15, 0.2) is 29.8 Å². The zero-order chi connectivity index (χ0) is 20.7. The Hall–Kier alpha value is -2.50. The summed E-state index contributed by atoms with van der Waals surface area (Å²) < 4.78 is 0. The number of halogens is 1. The van der Waals surface area contributed by atoms with E-state index in [4.69, 9.17) is 23.8 Å². The summed E-state index contributed by atoms with van der Waals surface area (Å²) in [6.45, 7) is 10.2. The Morgan fingerprint density at radius 2 is 1.39 bits per heavy atom. The van der Waals surface area contributed by atoms with E-state index in [9.17, 15) is 9.59 Å². The monoisotopic (exact) mass is 412 g/mol. The lowest BCUT2D eigenvalue weighted by Gasteiger charge is -2.29. The lowest BCUT2D eigenvalue weighted by molar-refractivity contribution is -0.122. The summed E-state index contributed by atoms with van der Waals surface area (Å²) >= 11 is 11.2. The minimum absolute atomic E-state index is 0.0532. The first-order valence-electron chi connectivity index (χ1n) is 8.87. The van der Waals surface area contributed by atoms with E-state index in [0.717, 1.165) is 27.8 Å². The average molecular weight is 413 g/mol. The van der Waals surface area contributed by atoms with Gasteiger partial charge in [-0.1, -0.05) is 11.6 Å². The summed E-state index contributed by atoms with van der Waals surface area (Å²) in [7, 11) is 0. The number of hydrogen-bond acceptors (Lipinski definition) is 3. The molecule has 0 aromatic heterocycles. The Morgan fingerprint density at radius 3 is 1.93 bits per heavy atom. The molecule has 0 radical (unpaired) electrons. The van der Waals surface area contributed by atoms with Crippen LogP contribution in [0.5, 0.6) is 0 Å². The van der Waals surface area contributed by atoms with Crippen LogP contribution in [-0.2, 0) is 9.59 Å². The molecule has 144 valence electrons. The number of nitrogens with zero attached hydrogens (tertiary/aromatic N) is 1. The first-order chi connectivity index (χ1) is 13.1. The highest BCUT2D eigenvalue weighted by Crippen LogP contribution is 2.29. The van der Waals surface area contributed by atoms with E-state index in [1.54, 1.807) is 30.3 Å². The summed E-state index contributed by atoms with van der Waals surface area (Å²) in [5.74, 6) is -0.944. The second-order valence-corrected chi connectivity index (χ2v) is 7.80. The van der Waals surface area contributed by atoms with Crippen LogP contribution in [-0.4, -0.2) is 16.9 Å². The van der Waals surface area contributed by atoms with Crippen molar-refractivity contribution in [2.75, 3.05) is 4.90 Å². The summed E-state index contributed by atoms with van der Waals surface area (Å²) in [5, 5.41) is 3.23. The second-order valence-electron chi connectivity index (χ2n) is 6.97. The number of carbonyl (C=O) groups is 2. The molecular weight excluding hydrogens is 392 g/mol. The number of carbonyl (C=O) groups excluding carboxylic acids is 2. The molecule has 2 aromatic rings. The lowest BCUT2D eigenvalue weighted by Crippen LogP contribution is -2.54. The molecule has 0 spiro atoms. The van der Waals surface area contributed by atoms with Crippen LogP contribution in [0.2, 0.25) is 5.02 Å². The third-order valence-electron chi connectivity index (χ3n) is 5.53. The molecule has 1 fully saturated rings. The Labute approximate surface area is 175 Å². The van der Waals surface area contributed by atoms with Gasteiger partial charge in [-0.15, -0.1) is 0 Å². The third-order valence-corrected chi connectivity index (χ3v) is 6.07. The van der Waals surface area contributed by atoms with E-state index in [0.29, 0.717) is 10.7 Å². The summed E-state index contributed by atoms with van der Waals surface area (Å²) in [4.78, 5) is 27.1. The Balaban J connectivity index is 2.14. The molecule has 0 aliphatic carbocycles. The molecule has 2 aromatic carbocycles. The minimum atomic E-state index is -0.491. The van der Waals surface area contributed by atoms with E-state index in [1.807, 2.05) is 13.8 Å². The Morgan fingerprint density at radius 1 is 0.893 bits per heavy atom. The van der Waals surface area contributed by atoms with Crippen LogP contribution >= 0.6 is 23.8 Å². The number of rotatable bonds is 2. The highest BCUT2D eigenvalue weighted by molar-refractivity contribution is 7.80. The number of hydrogen-bond donors (Lipinski definition) is 1. The SMILES string of the molecule is Cc1c(C)c(C)c(C=C2C(=O)NC(=S)N(c3ccc(Cl)cc3)C2=O)c(C)c1C. The number of nitrogens with one attached hydrogen (secondary N) is 1. The standard InChI is InChI=1S/C22H21ClN2O2S/c1-11-12(2)14(4)18(15(5)13(11)3)10-19-20(26)24-22(28)25(21(19)27)17-8-6-16(23)7-9-17/h6-10H,1-5H3,(H,24,26,28). The predicted octanol–water partition coefficient (Wildman–Crippen LogP) is 4.71. The lowest BCUT2D eigenvalue weighted by atomic mass is 9.88. The molecule has 0 saturated carbocycles. The number of anilines is 1. The fraction of sp³-hybridized carbons (Fsp3) is 0.227. The zero-order valence-corrected chi connectivity index (χ0v) is 18.0. The smallest absolute Gasteiger partial charge is 0.270 e. The highest BCUT2D eigenvalue weighted by Gasteiger charge is 2.34. The molecule has 1 aliphatic rings. The van der Waals surface area contributed by atoms with Crippen molar-refractivity contribution in [3.8, 4) is 0 Å². The van der Waals surface area contributed by atoms with Crippen molar-refractivity contribution in [1.29, 1.82) is 0 Å². The predicted molar refractivity (Wildman–Crippen MR) is 118 cm³/mol. The van der Waals surface area contributed by atoms with Crippen molar-refractivity contribution in [2.24, 2.45) is 0 Å². The molecule has 2 amide bonds. The van der Waals surface area contributed by atoms with Crippen molar-refractivity contribution in [2.45, 2.75) is 34.6 Å². The van der Waals surface area contributed by atoms with Gasteiger partial charge in [0, 0.05) is 5.02 Å². The molecule has 4 nitrogen and oxygen atoms in total. The fourth-order valence-electron chi connectivity index (χ4n) is 3.37. The molecule has 1 aliphatic heterocycles. The van der Waals surface area contributed by atoms with E-state index in [2.05, 4.69) is 26.1 Å². The Kier molecular flexibility index (Phi) is 5.41. The van der Waals surface area contributed by atoms with E-state index >= 15 is 0 Å². The first kappa shape index (κ1) is 20.2. The maximum Gasteiger partial charge on any atom is 0.270 e. The van der Waals surface area contributed by atoms with Gasteiger partial charge in [0.1, 0.15) is 5.57 Å². The molecule has 1 heterocycles. The topological polar surface area (TPSA) is 49.4 Å². The molecule has 6 heteroatoms. The minimum Gasteiger partial charge on any atom is -0.298 e. The quantitative estimate of drug-likeness (QED) is 0.441. The fourth-order valence-corrected chi connectivity index (χ4v) is 3.78. The maximum atomic E-state index is 13.2. The summed E-state index contributed by atoms with van der Waals surface area (Å²) in [6, 6.07) is 6.73. The van der Waals surface area contributed by atoms with E-state index in [1.165, 1.54) is 10.5 Å². The maximum absolute atomic E-state index is 13.2. The summed E-state index contributed by atoms with van der Waals surface area (Å²) in [6.07, 6.45) is 1.67. The second kappa shape index (κ2) is 7.49. The van der Waals surface area contributed by atoms with Crippen molar-refractivity contribution < 1.29 is 9.59 Å². The zero-order valence-electron chi connectivity index (χ0n) is 16.4. The van der Waals surface area contributed by atoms with Crippen molar-refractivity contribution in [1.82, 2.24) is 5.32 Å². The Bertz CT molecular complexity index is 1030. The van der Waals surface area contributed by atoms with Crippen LogP contribution in [0.25, 0.3) is 6.08 Å². The molecular formula is C22H21ClN2O2S. The van der Waals surface area contributed by atoms with Gasteiger partial charge in [-0.25, -0.2) is 0 Å². The number of amides is 2. The van der Waals surface area contributed by atoms with Crippen molar-refractivity contribution in [3.05, 3.63) is 68.2 Å². The molecule has 0 unspecified atom stereocenters. The van der Waals surface area contributed by atoms with Gasteiger partial charge in [-0.3, -0.25) is 19.8 Å². The molecule has 1 N–H and O–H groups in total.